The molecule has 2 heterocycles. The van der Waals surface area contributed by atoms with E-state index in [2.05, 4.69) is 59.0 Å². The number of nitrogens with two attached hydrogens (primary N) is 1. The summed E-state index contributed by atoms with van der Waals surface area (Å²) in [6.07, 6.45) is 0. The summed E-state index contributed by atoms with van der Waals surface area (Å²) in [5, 5.41) is 5.18. The molecule has 2 N–H and O–H groups in total. The number of rotatable bonds is 0. The van der Waals surface area contributed by atoms with Crippen LogP contribution in [0.25, 0.3) is 38.1 Å². The molecule has 94 valence electrons. The molecule has 0 radical (unpaired) electrons. The van der Waals surface area contributed by atoms with Crippen LogP contribution >= 0.6 is 0 Å². The summed E-state index contributed by atoms with van der Waals surface area (Å²) in [6.45, 7) is 0. The van der Waals surface area contributed by atoms with E-state index in [1.807, 2.05) is 6.07 Å². The molecule has 0 aliphatic carbocycles. The number of nitrogens with zero attached hydrogens (tertiary/aromatic N) is 1. The van der Waals surface area contributed by atoms with E-state index in [-0.39, 0.29) is 0 Å². The number of anilines is 1. The van der Waals surface area contributed by atoms with Crippen molar-refractivity contribution in [3.05, 3.63) is 60.7 Å². The number of para-hydroxylation sites is 2. The molecule has 0 unspecified atom stereocenters. The van der Waals surface area contributed by atoms with Gasteiger partial charge in [-0.3, -0.25) is 0 Å². The minimum atomic E-state index is 0.808. The van der Waals surface area contributed by atoms with Crippen LogP contribution in [-0.2, 0) is 0 Å². The molecule has 0 fully saturated rings. The fourth-order valence-electron chi connectivity index (χ4n) is 3.45. The first-order chi connectivity index (χ1) is 9.84. The van der Waals surface area contributed by atoms with Gasteiger partial charge in [0.2, 0.25) is 0 Å². The third-order valence-corrected chi connectivity index (χ3v) is 4.25. The van der Waals surface area contributed by atoms with Crippen LogP contribution in [0, 0.1) is 0 Å². The predicted molar refractivity (Wildman–Crippen MR) is 85.5 cm³/mol. The molecule has 0 bridgehead atoms. The molecular weight excluding hydrogens is 244 g/mol. The summed E-state index contributed by atoms with van der Waals surface area (Å²) in [4.78, 5) is 0. The number of nitrogen functional groups attached to an aromatic ring is 1. The summed E-state index contributed by atoms with van der Waals surface area (Å²) < 4.78 is 2.34. The highest BCUT2D eigenvalue weighted by Crippen LogP contribution is 2.38. The van der Waals surface area contributed by atoms with Gasteiger partial charge in [-0.15, -0.1) is 0 Å². The van der Waals surface area contributed by atoms with Gasteiger partial charge in [-0.1, -0.05) is 42.5 Å². The molecule has 5 aromatic rings. The van der Waals surface area contributed by atoms with Crippen LogP contribution in [0.5, 0.6) is 0 Å². The molecule has 0 spiro atoms. The molecule has 0 atom stereocenters. The van der Waals surface area contributed by atoms with Crippen LogP contribution in [0.2, 0.25) is 0 Å². The van der Waals surface area contributed by atoms with Gasteiger partial charge >= 0.3 is 0 Å². The molecule has 0 amide bonds. The van der Waals surface area contributed by atoms with Gasteiger partial charge in [0.25, 0.3) is 0 Å². The van der Waals surface area contributed by atoms with Crippen molar-refractivity contribution in [2.45, 2.75) is 0 Å². The largest absolute Gasteiger partial charge is 0.399 e. The molecule has 0 aliphatic rings. The molecule has 20 heavy (non-hydrogen) atoms. The Balaban J connectivity index is 2.28. The van der Waals surface area contributed by atoms with E-state index in [1.54, 1.807) is 0 Å². The van der Waals surface area contributed by atoms with Crippen molar-refractivity contribution >= 4 is 43.8 Å². The predicted octanol–water partition coefficient (Wildman–Crippen LogP) is 4.42. The van der Waals surface area contributed by atoms with Crippen molar-refractivity contribution in [1.82, 2.24) is 4.40 Å². The van der Waals surface area contributed by atoms with Gasteiger partial charge in [0, 0.05) is 27.2 Å². The third kappa shape index (κ3) is 1.02. The average Bonchev–Trinajstić information content (AvgIpc) is 2.98. The summed E-state index contributed by atoms with van der Waals surface area (Å²) >= 11 is 0. The molecule has 0 saturated carbocycles. The van der Waals surface area contributed by atoms with Crippen molar-refractivity contribution in [3.63, 3.8) is 0 Å². The number of hydrogen-bond donors (Lipinski definition) is 1. The first kappa shape index (κ1) is 10.1. The van der Waals surface area contributed by atoms with Crippen molar-refractivity contribution < 1.29 is 0 Å². The van der Waals surface area contributed by atoms with Crippen molar-refractivity contribution in [2.24, 2.45) is 0 Å². The highest BCUT2D eigenvalue weighted by atomic mass is 14.9. The Bertz CT molecular complexity index is 1100. The normalized spacial score (nSPS) is 12.2. The highest BCUT2D eigenvalue weighted by molar-refractivity contribution is 6.23. The van der Waals surface area contributed by atoms with Gasteiger partial charge in [0.05, 0.1) is 16.6 Å². The molecule has 0 saturated heterocycles. The fourth-order valence-corrected chi connectivity index (χ4v) is 3.45. The summed E-state index contributed by atoms with van der Waals surface area (Å²) in [7, 11) is 0. The SMILES string of the molecule is Nc1ccc2c3cccc4c5ccccc5n(c2c1)c43. The third-order valence-electron chi connectivity index (χ3n) is 4.25. The quantitative estimate of drug-likeness (QED) is 0.408. The lowest BCUT2D eigenvalue weighted by atomic mass is 10.1. The van der Waals surface area contributed by atoms with Crippen LogP contribution < -0.4 is 5.73 Å². The van der Waals surface area contributed by atoms with Crippen LogP contribution in [0.15, 0.2) is 60.7 Å². The van der Waals surface area contributed by atoms with E-state index >= 15 is 0 Å². The molecule has 2 heteroatoms. The van der Waals surface area contributed by atoms with Gasteiger partial charge in [-0.25, -0.2) is 0 Å². The van der Waals surface area contributed by atoms with Gasteiger partial charge in [-0.2, -0.15) is 0 Å². The average molecular weight is 256 g/mol. The minimum Gasteiger partial charge on any atom is -0.399 e. The highest BCUT2D eigenvalue weighted by Gasteiger charge is 2.16. The second-order valence-corrected chi connectivity index (χ2v) is 5.33. The summed E-state index contributed by atoms with van der Waals surface area (Å²) in [5.74, 6) is 0. The molecule has 5 rings (SSSR count). The second kappa shape index (κ2) is 3.23. The number of aromatic nitrogens is 1. The zero-order chi connectivity index (χ0) is 13.3. The maximum absolute atomic E-state index is 5.99. The Labute approximate surface area is 115 Å². The lowest BCUT2D eigenvalue weighted by Crippen LogP contribution is -1.85. The smallest absolute Gasteiger partial charge is 0.0620 e. The van der Waals surface area contributed by atoms with Crippen LogP contribution in [0.1, 0.15) is 0 Å². The van der Waals surface area contributed by atoms with Crippen LogP contribution in [0.3, 0.4) is 0 Å². The molecule has 2 aromatic heterocycles. The van der Waals surface area contributed by atoms with Crippen molar-refractivity contribution in [2.75, 3.05) is 5.73 Å². The molecule has 2 nitrogen and oxygen atoms in total. The number of fused-ring (bicyclic) bond motifs is 6. The Hall–Kier alpha value is -2.74. The van der Waals surface area contributed by atoms with E-state index in [0.29, 0.717) is 0 Å². The molecule has 0 aliphatic heterocycles. The van der Waals surface area contributed by atoms with Gasteiger partial charge < -0.3 is 10.1 Å². The fraction of sp³-hybridized carbons (Fsp3) is 0. The summed E-state index contributed by atoms with van der Waals surface area (Å²) in [6, 6.07) is 21.3. The Morgan fingerprint density at radius 1 is 0.650 bits per heavy atom. The lowest BCUT2D eigenvalue weighted by Gasteiger charge is -1.98. The Morgan fingerprint density at radius 2 is 1.35 bits per heavy atom. The Kier molecular flexibility index (Phi) is 1.63. The van der Waals surface area contributed by atoms with Crippen LogP contribution in [0.4, 0.5) is 5.69 Å². The van der Waals surface area contributed by atoms with E-state index in [0.717, 1.165) is 5.69 Å². The number of hydrogen-bond acceptors (Lipinski definition) is 1. The maximum Gasteiger partial charge on any atom is 0.0620 e. The standard InChI is InChI=1S/C18H12N2/c19-11-8-9-13-15-6-3-5-14-12-4-1-2-7-16(12)20(18(14)15)17(13)10-11/h1-10H,19H2. The first-order valence-corrected chi connectivity index (χ1v) is 6.77. The van der Waals surface area contributed by atoms with Gasteiger partial charge in [0.1, 0.15) is 0 Å². The van der Waals surface area contributed by atoms with E-state index < -0.39 is 0 Å². The number of benzene rings is 3. The van der Waals surface area contributed by atoms with Gasteiger partial charge in [0.15, 0.2) is 0 Å². The topological polar surface area (TPSA) is 30.4 Å². The van der Waals surface area contributed by atoms with E-state index in [9.17, 15) is 0 Å². The lowest BCUT2D eigenvalue weighted by molar-refractivity contribution is 1.37. The first-order valence-electron chi connectivity index (χ1n) is 6.77. The molecule has 3 aromatic carbocycles. The zero-order valence-electron chi connectivity index (χ0n) is 10.8. The van der Waals surface area contributed by atoms with Crippen molar-refractivity contribution in [3.8, 4) is 0 Å². The van der Waals surface area contributed by atoms with Gasteiger partial charge in [-0.05, 0) is 18.2 Å². The van der Waals surface area contributed by atoms with E-state index in [1.165, 1.54) is 38.1 Å². The second-order valence-electron chi connectivity index (χ2n) is 5.33. The van der Waals surface area contributed by atoms with E-state index in [4.69, 9.17) is 5.73 Å². The Morgan fingerprint density at radius 3 is 2.20 bits per heavy atom. The monoisotopic (exact) mass is 256 g/mol. The maximum atomic E-state index is 5.99. The minimum absolute atomic E-state index is 0.808. The molecular formula is C18H12N2. The summed E-state index contributed by atoms with van der Waals surface area (Å²) in [5.41, 5.74) is 10.5. The van der Waals surface area contributed by atoms with Crippen LogP contribution in [-0.4, -0.2) is 4.40 Å². The zero-order valence-corrected chi connectivity index (χ0v) is 10.8. The van der Waals surface area contributed by atoms with Crippen molar-refractivity contribution in [1.29, 1.82) is 0 Å².